The maximum absolute atomic E-state index is 13.8. The van der Waals surface area contributed by atoms with Gasteiger partial charge in [0.05, 0.1) is 41.1 Å². The van der Waals surface area contributed by atoms with Crippen LogP contribution in [0.3, 0.4) is 0 Å². The molecular weight excluding hydrogens is 608 g/mol. The fourth-order valence-electron chi connectivity index (χ4n) is 4.53. The number of ether oxygens (including phenoxy) is 3. The summed E-state index contributed by atoms with van der Waals surface area (Å²) in [5.74, 6) is -0.457. The first-order chi connectivity index (χ1) is 19.8. The Morgan fingerprint density at radius 2 is 1.80 bits per heavy atom. The SMILES string of the molecule is CCOC(=O)C1=C(C)N=c2s/c(=C/c3ccc(OC(=O)c4cccc(Br)c4)c(OC)c3)c(=O)n2C1c1ccccc1. The first-order valence-corrected chi connectivity index (χ1v) is 14.3. The Hall–Kier alpha value is -4.28. The Labute approximate surface area is 248 Å². The van der Waals surface area contributed by atoms with Crippen molar-refractivity contribution in [2.24, 2.45) is 4.99 Å². The second kappa shape index (κ2) is 12.1. The predicted molar refractivity (Wildman–Crippen MR) is 159 cm³/mol. The smallest absolute Gasteiger partial charge is 0.343 e. The third-order valence-electron chi connectivity index (χ3n) is 6.38. The van der Waals surface area contributed by atoms with E-state index in [0.29, 0.717) is 37.5 Å². The molecule has 0 radical (unpaired) electrons. The molecule has 208 valence electrons. The minimum Gasteiger partial charge on any atom is -0.493 e. The molecule has 0 amide bonds. The summed E-state index contributed by atoms with van der Waals surface area (Å²) in [4.78, 5) is 44.5. The first-order valence-electron chi connectivity index (χ1n) is 12.7. The summed E-state index contributed by atoms with van der Waals surface area (Å²) < 4.78 is 19.1. The maximum atomic E-state index is 13.8. The van der Waals surface area contributed by atoms with Gasteiger partial charge in [0.15, 0.2) is 16.3 Å². The monoisotopic (exact) mass is 632 g/mol. The van der Waals surface area contributed by atoms with Crippen LogP contribution in [0.1, 0.15) is 41.4 Å². The van der Waals surface area contributed by atoms with Crippen molar-refractivity contribution in [1.82, 2.24) is 4.57 Å². The molecule has 0 spiro atoms. The molecule has 8 nitrogen and oxygen atoms in total. The van der Waals surface area contributed by atoms with Gasteiger partial charge in [0.25, 0.3) is 5.56 Å². The average molecular weight is 634 g/mol. The van der Waals surface area contributed by atoms with Crippen LogP contribution < -0.4 is 24.4 Å². The molecule has 1 aromatic heterocycles. The van der Waals surface area contributed by atoms with E-state index in [1.807, 2.05) is 36.4 Å². The summed E-state index contributed by atoms with van der Waals surface area (Å²) in [6, 6.07) is 20.6. The molecule has 3 aromatic carbocycles. The molecule has 1 aliphatic heterocycles. The first kappa shape index (κ1) is 28.3. The second-order valence-electron chi connectivity index (χ2n) is 9.02. The Kier molecular flexibility index (Phi) is 8.32. The second-order valence-corrected chi connectivity index (χ2v) is 10.9. The van der Waals surface area contributed by atoms with Crippen LogP contribution in [0.2, 0.25) is 0 Å². The van der Waals surface area contributed by atoms with E-state index in [0.717, 1.165) is 10.0 Å². The van der Waals surface area contributed by atoms with E-state index in [-0.39, 0.29) is 17.9 Å². The maximum Gasteiger partial charge on any atom is 0.343 e. The van der Waals surface area contributed by atoms with Crippen LogP contribution in [-0.2, 0) is 9.53 Å². The van der Waals surface area contributed by atoms with Crippen LogP contribution >= 0.6 is 27.3 Å². The summed E-state index contributed by atoms with van der Waals surface area (Å²) in [7, 11) is 1.48. The number of hydrogen-bond acceptors (Lipinski definition) is 8. The van der Waals surface area contributed by atoms with Crippen LogP contribution in [0.15, 0.2) is 98.3 Å². The number of halogens is 1. The molecular formula is C31H25BrN2O6S. The van der Waals surface area contributed by atoms with Crippen molar-refractivity contribution in [3.05, 3.63) is 125 Å². The molecule has 0 N–H and O–H groups in total. The minimum atomic E-state index is -0.678. The van der Waals surface area contributed by atoms with Crippen molar-refractivity contribution in [2.75, 3.05) is 13.7 Å². The zero-order valence-corrected chi connectivity index (χ0v) is 24.8. The van der Waals surface area contributed by atoms with Gasteiger partial charge in [0.1, 0.15) is 0 Å². The molecule has 0 aliphatic carbocycles. The van der Waals surface area contributed by atoms with Gasteiger partial charge in [0, 0.05) is 4.47 Å². The summed E-state index contributed by atoms with van der Waals surface area (Å²) >= 11 is 4.58. The van der Waals surface area contributed by atoms with Gasteiger partial charge in [-0.2, -0.15) is 0 Å². The lowest BCUT2D eigenvalue weighted by Gasteiger charge is -2.24. The molecule has 1 aliphatic rings. The Bertz CT molecular complexity index is 1860. The zero-order valence-electron chi connectivity index (χ0n) is 22.4. The Morgan fingerprint density at radius 1 is 1.02 bits per heavy atom. The minimum absolute atomic E-state index is 0.206. The van der Waals surface area contributed by atoms with Gasteiger partial charge in [-0.15, -0.1) is 0 Å². The number of thiazole rings is 1. The van der Waals surface area contributed by atoms with Gasteiger partial charge in [-0.05, 0) is 61.4 Å². The van der Waals surface area contributed by atoms with Gasteiger partial charge in [-0.25, -0.2) is 14.6 Å². The lowest BCUT2D eigenvalue weighted by molar-refractivity contribution is -0.139. The molecule has 0 fully saturated rings. The fourth-order valence-corrected chi connectivity index (χ4v) is 5.97. The number of allylic oxidation sites excluding steroid dienone is 1. The van der Waals surface area contributed by atoms with Gasteiger partial charge in [0.2, 0.25) is 0 Å². The van der Waals surface area contributed by atoms with E-state index < -0.39 is 18.0 Å². The molecule has 0 saturated heterocycles. The van der Waals surface area contributed by atoms with Crippen molar-refractivity contribution < 1.29 is 23.8 Å². The number of carbonyl (C=O) groups is 2. The highest BCUT2D eigenvalue weighted by Gasteiger charge is 2.33. The lowest BCUT2D eigenvalue weighted by atomic mass is 9.96. The van der Waals surface area contributed by atoms with Crippen LogP contribution in [0.5, 0.6) is 11.5 Å². The summed E-state index contributed by atoms with van der Waals surface area (Å²) in [6.07, 6.45) is 1.72. The third kappa shape index (κ3) is 5.79. The molecule has 2 heterocycles. The van der Waals surface area contributed by atoms with Crippen molar-refractivity contribution >= 4 is 45.3 Å². The summed E-state index contributed by atoms with van der Waals surface area (Å²) in [6.45, 7) is 3.69. The number of fused-ring (bicyclic) bond motifs is 1. The molecule has 4 aromatic rings. The highest BCUT2D eigenvalue weighted by Crippen LogP contribution is 2.31. The number of esters is 2. The number of benzene rings is 3. The van der Waals surface area contributed by atoms with Crippen LogP contribution in [0.25, 0.3) is 6.08 Å². The predicted octanol–water partition coefficient (Wildman–Crippen LogP) is 4.79. The van der Waals surface area contributed by atoms with E-state index >= 15 is 0 Å². The number of hydrogen-bond donors (Lipinski definition) is 0. The van der Waals surface area contributed by atoms with Gasteiger partial charge in [-0.3, -0.25) is 9.36 Å². The number of rotatable bonds is 7. The average Bonchev–Trinajstić information content (AvgIpc) is 3.27. The van der Waals surface area contributed by atoms with Crippen molar-refractivity contribution in [1.29, 1.82) is 0 Å². The standard InChI is InChI=1S/C31H25BrN2O6S/c1-4-39-30(37)26-18(2)33-31-34(27(26)20-9-6-5-7-10-20)28(35)25(41-31)16-19-13-14-23(24(15-19)38-3)40-29(36)21-11-8-12-22(32)17-21/h5-17,27H,4H2,1-3H3/b25-16+. The van der Waals surface area contributed by atoms with Crippen LogP contribution in [0.4, 0.5) is 0 Å². The van der Waals surface area contributed by atoms with Gasteiger partial charge < -0.3 is 14.2 Å². The van der Waals surface area contributed by atoms with E-state index in [4.69, 9.17) is 14.2 Å². The van der Waals surface area contributed by atoms with Crippen molar-refractivity contribution in [3.63, 3.8) is 0 Å². The van der Waals surface area contributed by atoms with Crippen molar-refractivity contribution in [2.45, 2.75) is 19.9 Å². The van der Waals surface area contributed by atoms with E-state index in [2.05, 4.69) is 20.9 Å². The van der Waals surface area contributed by atoms with Crippen LogP contribution in [-0.4, -0.2) is 30.2 Å². The number of aromatic nitrogens is 1. The molecule has 1 unspecified atom stereocenters. The fraction of sp³-hybridized carbons (Fsp3) is 0.161. The Balaban J connectivity index is 1.55. The highest BCUT2D eigenvalue weighted by atomic mass is 79.9. The summed E-state index contributed by atoms with van der Waals surface area (Å²) in [5.41, 5.74) is 2.36. The van der Waals surface area contributed by atoms with Crippen LogP contribution in [0, 0.1) is 0 Å². The van der Waals surface area contributed by atoms with Gasteiger partial charge in [-0.1, -0.05) is 69.7 Å². The molecule has 5 rings (SSSR count). The molecule has 41 heavy (non-hydrogen) atoms. The Morgan fingerprint density at radius 3 is 2.51 bits per heavy atom. The largest absolute Gasteiger partial charge is 0.493 e. The van der Waals surface area contributed by atoms with Crippen molar-refractivity contribution in [3.8, 4) is 11.5 Å². The van der Waals surface area contributed by atoms with E-state index in [1.165, 1.54) is 23.0 Å². The molecule has 10 heteroatoms. The highest BCUT2D eigenvalue weighted by molar-refractivity contribution is 9.10. The van der Waals surface area contributed by atoms with Gasteiger partial charge >= 0.3 is 11.9 Å². The zero-order chi connectivity index (χ0) is 29.1. The lowest BCUT2D eigenvalue weighted by Crippen LogP contribution is -2.39. The number of methoxy groups -OCH3 is 1. The third-order valence-corrected chi connectivity index (χ3v) is 7.86. The number of carbonyl (C=O) groups excluding carboxylic acids is 2. The van der Waals surface area contributed by atoms with E-state index in [9.17, 15) is 14.4 Å². The summed E-state index contributed by atoms with van der Waals surface area (Å²) in [5, 5.41) is 0. The van der Waals surface area contributed by atoms with E-state index in [1.54, 1.807) is 56.3 Å². The topological polar surface area (TPSA) is 96.2 Å². The normalized spacial score (nSPS) is 14.7. The molecule has 1 atom stereocenters. The molecule has 0 saturated carbocycles. The number of nitrogens with zero attached hydrogens (tertiary/aromatic N) is 2. The molecule has 0 bridgehead atoms. The quantitative estimate of drug-likeness (QED) is 0.215.